The summed E-state index contributed by atoms with van der Waals surface area (Å²) in [4.78, 5) is 13.6. The summed E-state index contributed by atoms with van der Waals surface area (Å²) in [6.45, 7) is 2.17. The Morgan fingerprint density at radius 1 is 1.04 bits per heavy atom. The molecule has 2 aromatic carbocycles. The predicted molar refractivity (Wildman–Crippen MR) is 106 cm³/mol. The van der Waals surface area contributed by atoms with E-state index in [1.807, 2.05) is 24.3 Å². The zero-order valence-corrected chi connectivity index (χ0v) is 15.5. The van der Waals surface area contributed by atoms with Crippen LogP contribution < -0.4 is 4.74 Å². The number of nitrogens with zero attached hydrogens (tertiary/aromatic N) is 2. The predicted octanol–water partition coefficient (Wildman–Crippen LogP) is 5.35. The van der Waals surface area contributed by atoms with Crippen LogP contribution in [0.2, 0.25) is 0 Å². The fourth-order valence-electron chi connectivity index (χ4n) is 2.92. The maximum atomic E-state index is 5.24. The van der Waals surface area contributed by atoms with Gasteiger partial charge in [-0.05, 0) is 53.9 Å². The van der Waals surface area contributed by atoms with E-state index in [-0.39, 0.29) is 0 Å². The maximum absolute atomic E-state index is 5.24. The van der Waals surface area contributed by atoms with Gasteiger partial charge in [0, 0.05) is 10.6 Å². The van der Waals surface area contributed by atoms with E-state index in [1.54, 1.807) is 25.2 Å². The van der Waals surface area contributed by atoms with Gasteiger partial charge in [0.2, 0.25) is 0 Å². The number of aryl methyl sites for hydroxylation is 1. The number of H-pyrrole nitrogens is 1. The lowest BCUT2D eigenvalue weighted by molar-refractivity contribution is 0.415. The molecule has 130 valence electrons. The lowest BCUT2D eigenvalue weighted by Gasteiger charge is -2.06. The Labute approximate surface area is 156 Å². The van der Waals surface area contributed by atoms with Crippen LogP contribution in [0.1, 0.15) is 12.5 Å². The summed E-state index contributed by atoms with van der Waals surface area (Å²) in [5, 5.41) is 2.00. The zero-order chi connectivity index (χ0) is 17.9. The summed E-state index contributed by atoms with van der Waals surface area (Å²) in [5.41, 5.74) is 4.29. The number of fused-ring (bicyclic) bond motifs is 1. The molecule has 0 aliphatic rings. The molecule has 4 nitrogen and oxygen atoms in total. The van der Waals surface area contributed by atoms with Crippen LogP contribution in [0.25, 0.3) is 22.3 Å². The minimum absolute atomic E-state index is 0.845. The highest BCUT2D eigenvalue weighted by atomic mass is 32.2. The van der Waals surface area contributed by atoms with E-state index in [1.165, 1.54) is 10.5 Å². The van der Waals surface area contributed by atoms with Crippen molar-refractivity contribution in [2.24, 2.45) is 0 Å². The summed E-state index contributed by atoms with van der Waals surface area (Å²) in [6, 6.07) is 18.6. The molecule has 0 bridgehead atoms. The van der Waals surface area contributed by atoms with Crippen molar-refractivity contribution < 1.29 is 4.74 Å². The van der Waals surface area contributed by atoms with Crippen molar-refractivity contribution in [3.8, 4) is 17.0 Å². The van der Waals surface area contributed by atoms with Crippen LogP contribution in [0.5, 0.6) is 5.75 Å². The number of rotatable bonds is 5. The monoisotopic (exact) mass is 361 g/mol. The molecule has 26 heavy (non-hydrogen) atoms. The molecular formula is C21H19N3OS. The topological polar surface area (TPSA) is 50.8 Å². The van der Waals surface area contributed by atoms with E-state index in [4.69, 9.17) is 4.74 Å². The van der Waals surface area contributed by atoms with Crippen molar-refractivity contribution in [3.63, 3.8) is 0 Å². The van der Waals surface area contributed by atoms with Gasteiger partial charge in [-0.25, -0.2) is 9.97 Å². The van der Waals surface area contributed by atoms with Crippen LogP contribution in [-0.2, 0) is 6.42 Å². The average Bonchev–Trinajstić information content (AvgIpc) is 3.14. The van der Waals surface area contributed by atoms with E-state index >= 15 is 0 Å². The molecule has 0 atom stereocenters. The summed E-state index contributed by atoms with van der Waals surface area (Å²) in [6.07, 6.45) is 2.62. The van der Waals surface area contributed by atoms with Gasteiger partial charge in [0.1, 0.15) is 22.7 Å². The Hall–Kier alpha value is -2.79. The number of hydrogen-bond acceptors (Lipinski definition) is 4. The first kappa shape index (κ1) is 16.7. The van der Waals surface area contributed by atoms with Crippen molar-refractivity contribution in [2.75, 3.05) is 7.11 Å². The van der Waals surface area contributed by atoms with Gasteiger partial charge in [0.25, 0.3) is 0 Å². The quantitative estimate of drug-likeness (QED) is 0.487. The number of ether oxygens (including phenoxy) is 1. The molecular weight excluding hydrogens is 342 g/mol. The van der Waals surface area contributed by atoms with E-state index in [2.05, 4.69) is 52.2 Å². The molecule has 1 N–H and O–H groups in total. The fraction of sp³-hybridized carbons (Fsp3) is 0.143. The number of aromatic nitrogens is 3. The Morgan fingerprint density at radius 2 is 1.85 bits per heavy atom. The summed E-state index contributed by atoms with van der Waals surface area (Å²) in [7, 11) is 1.67. The van der Waals surface area contributed by atoms with E-state index < -0.39 is 0 Å². The Bertz CT molecular complexity index is 1040. The molecule has 0 unspecified atom stereocenters. The van der Waals surface area contributed by atoms with E-state index in [9.17, 15) is 0 Å². The number of hydrogen-bond donors (Lipinski definition) is 1. The van der Waals surface area contributed by atoms with Gasteiger partial charge in [-0.1, -0.05) is 36.9 Å². The Morgan fingerprint density at radius 3 is 2.62 bits per heavy atom. The van der Waals surface area contributed by atoms with Crippen LogP contribution >= 0.6 is 11.8 Å². The van der Waals surface area contributed by atoms with Crippen LogP contribution in [-0.4, -0.2) is 22.1 Å². The summed E-state index contributed by atoms with van der Waals surface area (Å²) in [5.74, 6) is 0.845. The Kier molecular flexibility index (Phi) is 4.63. The molecule has 0 spiro atoms. The molecule has 0 saturated heterocycles. The highest BCUT2D eigenvalue weighted by molar-refractivity contribution is 7.99. The van der Waals surface area contributed by atoms with Gasteiger partial charge in [0.15, 0.2) is 0 Å². The van der Waals surface area contributed by atoms with Crippen molar-refractivity contribution >= 4 is 22.8 Å². The molecule has 0 aliphatic heterocycles. The number of nitrogens with one attached hydrogen (secondary N) is 1. The van der Waals surface area contributed by atoms with E-state index in [0.717, 1.165) is 39.5 Å². The van der Waals surface area contributed by atoms with Gasteiger partial charge in [-0.15, -0.1) is 0 Å². The van der Waals surface area contributed by atoms with E-state index in [0.29, 0.717) is 0 Å². The Balaban J connectivity index is 1.73. The van der Waals surface area contributed by atoms with Gasteiger partial charge < -0.3 is 9.72 Å². The van der Waals surface area contributed by atoms with Crippen molar-refractivity contribution in [1.29, 1.82) is 0 Å². The molecule has 4 aromatic rings. The molecule has 5 heteroatoms. The molecule has 0 amide bonds. The number of methoxy groups -OCH3 is 1. The summed E-state index contributed by atoms with van der Waals surface area (Å²) < 4.78 is 5.24. The van der Waals surface area contributed by atoms with Crippen LogP contribution in [0.15, 0.2) is 70.8 Å². The highest BCUT2D eigenvalue weighted by Gasteiger charge is 2.12. The lowest BCUT2D eigenvalue weighted by Crippen LogP contribution is -1.88. The largest absolute Gasteiger partial charge is 0.497 e. The molecule has 2 heterocycles. The van der Waals surface area contributed by atoms with Crippen molar-refractivity contribution in [3.05, 3.63) is 66.5 Å². The van der Waals surface area contributed by atoms with Crippen molar-refractivity contribution in [1.82, 2.24) is 15.0 Å². The third-order valence-corrected chi connectivity index (χ3v) is 5.49. The fourth-order valence-corrected chi connectivity index (χ4v) is 3.99. The first-order valence-corrected chi connectivity index (χ1v) is 9.34. The third kappa shape index (κ3) is 3.18. The maximum Gasteiger partial charge on any atom is 0.142 e. The normalized spacial score (nSPS) is 11.0. The first-order chi connectivity index (χ1) is 12.8. The summed E-state index contributed by atoms with van der Waals surface area (Å²) >= 11 is 1.69. The zero-order valence-electron chi connectivity index (χ0n) is 14.7. The van der Waals surface area contributed by atoms with Gasteiger partial charge in [-0.3, -0.25) is 0 Å². The number of aromatic amines is 1. The second-order valence-electron chi connectivity index (χ2n) is 5.92. The first-order valence-electron chi connectivity index (χ1n) is 8.52. The standard InChI is InChI=1S/C21H19N3OS/c1-3-14-6-4-5-7-19(14)26-21-17-12-18(24-20(17)22-13-23-21)15-8-10-16(25-2)11-9-15/h4-13H,3H2,1-2H3,(H,22,23,24). The second-order valence-corrected chi connectivity index (χ2v) is 6.95. The molecule has 2 aromatic heterocycles. The number of benzene rings is 2. The van der Waals surface area contributed by atoms with Crippen LogP contribution in [0.4, 0.5) is 0 Å². The van der Waals surface area contributed by atoms with Crippen molar-refractivity contribution in [2.45, 2.75) is 23.3 Å². The van der Waals surface area contributed by atoms with Gasteiger partial charge in [-0.2, -0.15) is 0 Å². The molecule has 0 saturated carbocycles. The second kappa shape index (κ2) is 7.22. The van der Waals surface area contributed by atoms with Gasteiger partial charge in [0.05, 0.1) is 12.5 Å². The molecule has 0 fully saturated rings. The van der Waals surface area contributed by atoms with Crippen LogP contribution in [0.3, 0.4) is 0 Å². The smallest absolute Gasteiger partial charge is 0.142 e. The average molecular weight is 361 g/mol. The van der Waals surface area contributed by atoms with Gasteiger partial charge >= 0.3 is 0 Å². The molecule has 4 rings (SSSR count). The highest BCUT2D eigenvalue weighted by Crippen LogP contribution is 2.35. The molecule has 0 radical (unpaired) electrons. The van der Waals surface area contributed by atoms with Crippen LogP contribution in [0, 0.1) is 0 Å². The lowest BCUT2D eigenvalue weighted by atomic mass is 10.1. The SMILES string of the molecule is CCc1ccccc1Sc1ncnc2[nH]c(-c3ccc(OC)cc3)cc12. The minimum Gasteiger partial charge on any atom is -0.497 e. The third-order valence-electron chi connectivity index (χ3n) is 4.35. The molecule has 0 aliphatic carbocycles. The minimum atomic E-state index is 0.845.